The van der Waals surface area contributed by atoms with E-state index < -0.39 is 5.92 Å². The summed E-state index contributed by atoms with van der Waals surface area (Å²) in [6.45, 7) is 2.08. The Bertz CT molecular complexity index is 393. The molecule has 0 N–H and O–H groups in total. The van der Waals surface area contributed by atoms with Crippen LogP contribution < -0.4 is 0 Å². The van der Waals surface area contributed by atoms with Gasteiger partial charge in [-0.25, -0.2) is 8.78 Å². The van der Waals surface area contributed by atoms with Gasteiger partial charge in [-0.05, 0) is 37.7 Å². The Morgan fingerprint density at radius 2 is 2.00 bits per heavy atom. The predicted octanol–water partition coefficient (Wildman–Crippen LogP) is 5.13. The van der Waals surface area contributed by atoms with Crippen molar-refractivity contribution in [3.8, 4) is 0 Å². The van der Waals surface area contributed by atoms with E-state index in [1.807, 2.05) is 0 Å². The third kappa shape index (κ3) is 3.78. The first-order valence-corrected chi connectivity index (χ1v) is 7.45. The van der Waals surface area contributed by atoms with Gasteiger partial charge in [0, 0.05) is 17.7 Å². The summed E-state index contributed by atoms with van der Waals surface area (Å²) in [4.78, 5) is 0.315. The molecule has 0 aliphatic heterocycles. The summed E-state index contributed by atoms with van der Waals surface area (Å²) in [5, 5.41) is 0. The third-order valence-corrected chi connectivity index (χ3v) is 4.86. The first kappa shape index (κ1) is 14.0. The van der Waals surface area contributed by atoms with Crippen molar-refractivity contribution in [1.29, 1.82) is 0 Å². The van der Waals surface area contributed by atoms with Gasteiger partial charge in [0.1, 0.15) is 0 Å². The minimum atomic E-state index is -2.42. The number of aryl methyl sites for hydroxylation is 1. The van der Waals surface area contributed by atoms with E-state index >= 15 is 0 Å². The number of rotatable bonds is 3. The van der Waals surface area contributed by atoms with Crippen molar-refractivity contribution >= 4 is 15.9 Å². The topological polar surface area (TPSA) is 0 Å². The predicted molar refractivity (Wildman–Crippen MR) is 74.5 cm³/mol. The molecule has 18 heavy (non-hydrogen) atoms. The normalized spacial score (nSPS) is 21.8. The summed E-state index contributed by atoms with van der Waals surface area (Å²) in [5.41, 5.74) is 2.54. The zero-order valence-electron chi connectivity index (χ0n) is 10.6. The van der Waals surface area contributed by atoms with Gasteiger partial charge in [0.15, 0.2) is 0 Å². The molecule has 0 nitrogen and oxygen atoms in total. The highest BCUT2D eigenvalue weighted by Gasteiger charge is 2.36. The van der Waals surface area contributed by atoms with Crippen LogP contribution in [-0.2, 0) is 6.42 Å². The molecule has 1 unspecified atom stereocenters. The van der Waals surface area contributed by atoms with E-state index in [2.05, 4.69) is 47.1 Å². The molecular weight excluding hydrogens is 298 g/mol. The van der Waals surface area contributed by atoms with Gasteiger partial charge < -0.3 is 0 Å². The van der Waals surface area contributed by atoms with Gasteiger partial charge >= 0.3 is 0 Å². The van der Waals surface area contributed by atoms with Gasteiger partial charge in [-0.3, -0.25) is 0 Å². The minimum Gasteiger partial charge on any atom is -0.207 e. The third-order valence-electron chi connectivity index (χ3n) is 3.79. The largest absolute Gasteiger partial charge is 0.248 e. The van der Waals surface area contributed by atoms with Crippen LogP contribution in [0.4, 0.5) is 8.78 Å². The van der Waals surface area contributed by atoms with Crippen LogP contribution in [0.25, 0.3) is 0 Å². The van der Waals surface area contributed by atoms with Crippen molar-refractivity contribution < 1.29 is 8.78 Å². The Hall–Kier alpha value is -0.440. The molecule has 3 heteroatoms. The molecule has 0 aromatic heterocycles. The molecule has 1 fully saturated rings. The molecule has 0 heterocycles. The number of alkyl halides is 3. The van der Waals surface area contributed by atoms with E-state index in [0.29, 0.717) is 23.6 Å². The molecule has 1 aromatic rings. The summed E-state index contributed by atoms with van der Waals surface area (Å²) in [7, 11) is 0. The molecule has 1 aliphatic carbocycles. The zero-order chi connectivity index (χ0) is 13.2. The molecule has 1 aromatic carbocycles. The molecule has 0 spiro atoms. The fraction of sp³-hybridized carbons (Fsp3) is 0.600. The smallest absolute Gasteiger partial charge is 0.207 e. The molecule has 1 aliphatic rings. The van der Waals surface area contributed by atoms with Gasteiger partial charge in [0.2, 0.25) is 5.92 Å². The van der Waals surface area contributed by atoms with Gasteiger partial charge in [-0.2, -0.15) is 0 Å². The lowest BCUT2D eigenvalue weighted by atomic mass is 9.83. The molecule has 1 atom stereocenters. The summed E-state index contributed by atoms with van der Waals surface area (Å²) >= 11 is 3.69. The average Bonchev–Trinajstić information content (AvgIpc) is 2.28. The second kappa shape index (κ2) is 5.68. The standard InChI is InChI=1S/C15H19BrF2/c1-11-3-2-4-12(9-11)10-14(16)13-5-7-15(17,18)8-6-13/h2-4,9,13-14H,5-8,10H2,1H3. The molecule has 1 saturated carbocycles. The maximum absolute atomic E-state index is 13.1. The highest BCUT2D eigenvalue weighted by Crippen LogP contribution is 2.39. The van der Waals surface area contributed by atoms with Crippen LogP contribution in [0.2, 0.25) is 0 Å². The average molecular weight is 317 g/mol. The fourth-order valence-corrected chi connectivity index (χ4v) is 3.56. The van der Waals surface area contributed by atoms with E-state index in [-0.39, 0.29) is 12.8 Å². The Labute approximate surface area is 116 Å². The van der Waals surface area contributed by atoms with Gasteiger partial charge in [0.05, 0.1) is 0 Å². The maximum Gasteiger partial charge on any atom is 0.248 e. The van der Waals surface area contributed by atoms with Crippen LogP contribution in [0.15, 0.2) is 24.3 Å². The summed E-state index contributed by atoms with van der Waals surface area (Å²) < 4.78 is 26.2. The maximum atomic E-state index is 13.1. The van der Waals surface area contributed by atoms with Crippen molar-refractivity contribution in [1.82, 2.24) is 0 Å². The SMILES string of the molecule is Cc1cccc(CC(Br)C2CCC(F)(F)CC2)c1. The Morgan fingerprint density at radius 3 is 2.61 bits per heavy atom. The van der Waals surface area contributed by atoms with E-state index in [4.69, 9.17) is 0 Å². The lowest BCUT2D eigenvalue weighted by molar-refractivity contribution is -0.0456. The Morgan fingerprint density at radius 1 is 1.33 bits per heavy atom. The van der Waals surface area contributed by atoms with Crippen LogP contribution in [0, 0.1) is 12.8 Å². The molecule has 100 valence electrons. The zero-order valence-corrected chi connectivity index (χ0v) is 12.2. The Balaban J connectivity index is 1.91. The molecule has 0 amide bonds. The van der Waals surface area contributed by atoms with Crippen LogP contribution >= 0.6 is 15.9 Å². The van der Waals surface area contributed by atoms with Crippen molar-refractivity contribution in [2.24, 2.45) is 5.92 Å². The van der Waals surface area contributed by atoms with Crippen molar-refractivity contribution in [2.75, 3.05) is 0 Å². The Kier molecular flexibility index (Phi) is 4.41. The van der Waals surface area contributed by atoms with Crippen molar-refractivity contribution in [3.63, 3.8) is 0 Å². The molecular formula is C15H19BrF2. The van der Waals surface area contributed by atoms with E-state index in [0.717, 1.165) is 6.42 Å². The molecule has 0 radical (unpaired) electrons. The highest BCUT2D eigenvalue weighted by molar-refractivity contribution is 9.09. The monoisotopic (exact) mass is 316 g/mol. The summed E-state index contributed by atoms with van der Waals surface area (Å²) in [5.74, 6) is -2.04. The molecule has 0 saturated heterocycles. The van der Waals surface area contributed by atoms with E-state index in [9.17, 15) is 8.78 Å². The van der Waals surface area contributed by atoms with Crippen molar-refractivity contribution in [2.45, 2.75) is 49.8 Å². The minimum absolute atomic E-state index is 0.0492. The summed E-state index contributed by atoms with van der Waals surface area (Å²) in [6, 6.07) is 8.41. The molecule has 2 rings (SSSR count). The van der Waals surface area contributed by atoms with Crippen LogP contribution in [0.1, 0.15) is 36.8 Å². The van der Waals surface area contributed by atoms with Gasteiger partial charge in [-0.1, -0.05) is 45.8 Å². The lowest BCUT2D eigenvalue weighted by Crippen LogP contribution is -2.29. The second-order valence-corrected chi connectivity index (χ2v) is 6.58. The second-order valence-electron chi connectivity index (χ2n) is 5.40. The quantitative estimate of drug-likeness (QED) is 0.678. The van der Waals surface area contributed by atoms with Crippen LogP contribution in [0.3, 0.4) is 0 Å². The number of hydrogen-bond acceptors (Lipinski definition) is 0. The van der Waals surface area contributed by atoms with Crippen LogP contribution in [0.5, 0.6) is 0 Å². The van der Waals surface area contributed by atoms with Crippen molar-refractivity contribution in [3.05, 3.63) is 35.4 Å². The van der Waals surface area contributed by atoms with Gasteiger partial charge in [0.25, 0.3) is 0 Å². The fourth-order valence-electron chi connectivity index (χ4n) is 2.66. The number of hydrogen-bond donors (Lipinski definition) is 0. The summed E-state index contributed by atoms with van der Waals surface area (Å²) in [6.07, 6.45) is 2.29. The first-order valence-electron chi connectivity index (χ1n) is 6.54. The first-order chi connectivity index (χ1) is 8.46. The van der Waals surface area contributed by atoms with E-state index in [1.54, 1.807) is 0 Å². The van der Waals surface area contributed by atoms with Gasteiger partial charge in [-0.15, -0.1) is 0 Å². The number of benzene rings is 1. The van der Waals surface area contributed by atoms with E-state index in [1.165, 1.54) is 11.1 Å². The number of halogens is 3. The molecule has 0 bridgehead atoms. The highest BCUT2D eigenvalue weighted by atomic mass is 79.9. The van der Waals surface area contributed by atoms with Crippen LogP contribution in [-0.4, -0.2) is 10.7 Å². The lowest BCUT2D eigenvalue weighted by Gasteiger charge is -2.31.